The molecule has 2 heterocycles. The van der Waals surface area contributed by atoms with E-state index >= 15 is 0 Å². The van der Waals surface area contributed by atoms with Crippen molar-refractivity contribution in [1.82, 2.24) is 9.97 Å². The number of rotatable bonds is 5. The lowest BCUT2D eigenvalue weighted by molar-refractivity contribution is 0.0691. The SMILES string of the molecule is O=C(O)c1cc2c(nc1OCCc1ccccn1)CCC2. The Kier molecular flexibility index (Phi) is 3.81. The first kappa shape index (κ1) is 13.5. The molecule has 1 aliphatic rings. The molecule has 0 unspecified atom stereocenters. The lowest BCUT2D eigenvalue weighted by Gasteiger charge is -2.10. The number of aryl methyl sites for hydroxylation is 2. The lowest BCUT2D eigenvalue weighted by atomic mass is 10.1. The molecule has 0 radical (unpaired) electrons. The van der Waals surface area contributed by atoms with Crippen LogP contribution < -0.4 is 4.74 Å². The van der Waals surface area contributed by atoms with Crippen molar-refractivity contribution in [3.63, 3.8) is 0 Å². The Balaban J connectivity index is 1.74. The molecule has 2 aromatic heterocycles. The highest BCUT2D eigenvalue weighted by Gasteiger charge is 2.20. The van der Waals surface area contributed by atoms with Crippen molar-refractivity contribution in [2.75, 3.05) is 6.61 Å². The summed E-state index contributed by atoms with van der Waals surface area (Å²) in [6.07, 6.45) is 5.17. The molecule has 0 amide bonds. The Hall–Kier alpha value is -2.43. The van der Waals surface area contributed by atoms with Gasteiger partial charge in [-0.25, -0.2) is 9.78 Å². The van der Waals surface area contributed by atoms with E-state index in [1.807, 2.05) is 18.2 Å². The van der Waals surface area contributed by atoms with E-state index in [0.29, 0.717) is 13.0 Å². The van der Waals surface area contributed by atoms with Gasteiger partial charge in [0, 0.05) is 24.0 Å². The molecule has 0 atom stereocenters. The summed E-state index contributed by atoms with van der Waals surface area (Å²) in [5.41, 5.74) is 3.06. The van der Waals surface area contributed by atoms with Gasteiger partial charge in [-0.15, -0.1) is 0 Å². The quantitative estimate of drug-likeness (QED) is 0.912. The Morgan fingerprint density at radius 3 is 3.00 bits per heavy atom. The van der Waals surface area contributed by atoms with Crippen molar-refractivity contribution >= 4 is 5.97 Å². The van der Waals surface area contributed by atoms with Crippen LogP contribution in [-0.4, -0.2) is 27.7 Å². The van der Waals surface area contributed by atoms with Gasteiger partial charge in [0.05, 0.1) is 6.61 Å². The van der Waals surface area contributed by atoms with E-state index in [0.717, 1.165) is 36.2 Å². The molecule has 0 saturated heterocycles. The van der Waals surface area contributed by atoms with Crippen molar-refractivity contribution < 1.29 is 14.6 Å². The fourth-order valence-corrected chi connectivity index (χ4v) is 2.51. The van der Waals surface area contributed by atoms with Crippen LogP contribution in [0.2, 0.25) is 0 Å². The highest BCUT2D eigenvalue weighted by molar-refractivity contribution is 5.90. The molecule has 0 spiro atoms. The highest BCUT2D eigenvalue weighted by atomic mass is 16.5. The summed E-state index contributed by atoms with van der Waals surface area (Å²) in [5, 5.41) is 9.28. The fourth-order valence-electron chi connectivity index (χ4n) is 2.51. The summed E-state index contributed by atoms with van der Waals surface area (Å²) in [6, 6.07) is 7.39. The molecule has 21 heavy (non-hydrogen) atoms. The maximum absolute atomic E-state index is 11.3. The van der Waals surface area contributed by atoms with Gasteiger partial charge >= 0.3 is 5.97 Å². The van der Waals surface area contributed by atoms with Crippen molar-refractivity contribution in [3.8, 4) is 5.88 Å². The molecule has 5 heteroatoms. The summed E-state index contributed by atoms with van der Waals surface area (Å²) in [6.45, 7) is 0.364. The van der Waals surface area contributed by atoms with E-state index in [4.69, 9.17) is 4.74 Å². The van der Waals surface area contributed by atoms with Gasteiger partial charge in [-0.1, -0.05) is 6.07 Å². The Bertz CT molecular complexity index is 656. The van der Waals surface area contributed by atoms with Crippen LogP contribution in [0.1, 0.15) is 33.7 Å². The maximum atomic E-state index is 11.3. The number of hydrogen-bond acceptors (Lipinski definition) is 4. The smallest absolute Gasteiger partial charge is 0.341 e. The third kappa shape index (κ3) is 3.02. The Morgan fingerprint density at radius 2 is 2.24 bits per heavy atom. The normalized spacial score (nSPS) is 13.0. The number of hydrogen-bond donors (Lipinski definition) is 1. The van der Waals surface area contributed by atoms with Crippen LogP contribution in [-0.2, 0) is 19.3 Å². The van der Waals surface area contributed by atoms with Crippen LogP contribution in [0.15, 0.2) is 30.5 Å². The van der Waals surface area contributed by atoms with E-state index < -0.39 is 5.97 Å². The third-order valence-corrected chi connectivity index (χ3v) is 3.57. The first-order chi connectivity index (χ1) is 10.2. The van der Waals surface area contributed by atoms with Crippen LogP contribution in [0.25, 0.3) is 0 Å². The van der Waals surface area contributed by atoms with Gasteiger partial charge in [-0.05, 0) is 43.0 Å². The predicted octanol–water partition coefficient (Wildman–Crippen LogP) is 2.29. The minimum absolute atomic E-state index is 0.150. The molecule has 108 valence electrons. The lowest BCUT2D eigenvalue weighted by Crippen LogP contribution is -2.10. The molecular formula is C16H16N2O3. The molecule has 0 aliphatic heterocycles. The highest BCUT2D eigenvalue weighted by Crippen LogP contribution is 2.26. The van der Waals surface area contributed by atoms with E-state index in [2.05, 4.69) is 9.97 Å². The van der Waals surface area contributed by atoms with Gasteiger partial charge in [0.25, 0.3) is 0 Å². The van der Waals surface area contributed by atoms with Crippen LogP contribution in [0.4, 0.5) is 0 Å². The Labute approximate surface area is 122 Å². The van der Waals surface area contributed by atoms with E-state index in [9.17, 15) is 9.90 Å². The Morgan fingerprint density at radius 1 is 1.33 bits per heavy atom. The summed E-state index contributed by atoms with van der Waals surface area (Å²) in [4.78, 5) is 19.9. The first-order valence-electron chi connectivity index (χ1n) is 7.03. The molecule has 0 aromatic carbocycles. The van der Waals surface area contributed by atoms with Crippen molar-refractivity contribution in [1.29, 1.82) is 0 Å². The second kappa shape index (κ2) is 5.91. The molecule has 3 rings (SSSR count). The van der Waals surface area contributed by atoms with Gasteiger partial charge < -0.3 is 9.84 Å². The third-order valence-electron chi connectivity index (χ3n) is 3.57. The number of fused-ring (bicyclic) bond motifs is 1. The number of carbonyl (C=O) groups is 1. The van der Waals surface area contributed by atoms with Gasteiger partial charge in [0.1, 0.15) is 5.56 Å². The summed E-state index contributed by atoms with van der Waals surface area (Å²) in [7, 11) is 0. The standard InChI is InChI=1S/C16H16N2O3/c19-16(20)13-10-11-4-3-6-14(11)18-15(13)21-9-7-12-5-1-2-8-17-12/h1-2,5,8,10H,3-4,6-7,9H2,(H,19,20). The largest absolute Gasteiger partial charge is 0.477 e. The molecule has 1 N–H and O–H groups in total. The molecule has 5 nitrogen and oxygen atoms in total. The van der Waals surface area contributed by atoms with Gasteiger partial charge in [-0.2, -0.15) is 0 Å². The molecular weight excluding hydrogens is 268 g/mol. The zero-order valence-corrected chi connectivity index (χ0v) is 11.6. The number of ether oxygens (including phenoxy) is 1. The van der Waals surface area contributed by atoms with Crippen LogP contribution in [0.5, 0.6) is 5.88 Å². The number of carboxylic acids is 1. The fraction of sp³-hybridized carbons (Fsp3) is 0.312. The number of carboxylic acid groups (broad SMARTS) is 1. The molecule has 0 bridgehead atoms. The second-order valence-corrected chi connectivity index (χ2v) is 5.03. The van der Waals surface area contributed by atoms with Crippen LogP contribution in [0, 0.1) is 0 Å². The topological polar surface area (TPSA) is 72.3 Å². The van der Waals surface area contributed by atoms with Crippen molar-refractivity contribution in [3.05, 3.63) is 53.0 Å². The van der Waals surface area contributed by atoms with Gasteiger partial charge in [0.15, 0.2) is 0 Å². The number of aromatic nitrogens is 2. The van der Waals surface area contributed by atoms with Crippen LogP contribution >= 0.6 is 0 Å². The molecule has 0 fully saturated rings. The van der Waals surface area contributed by atoms with E-state index in [-0.39, 0.29) is 11.4 Å². The molecule has 2 aromatic rings. The minimum atomic E-state index is -0.995. The summed E-state index contributed by atoms with van der Waals surface area (Å²) >= 11 is 0. The second-order valence-electron chi connectivity index (χ2n) is 5.03. The van der Waals surface area contributed by atoms with Crippen LogP contribution in [0.3, 0.4) is 0 Å². The summed E-state index contributed by atoms with van der Waals surface area (Å²) in [5.74, 6) is -0.774. The number of nitrogens with zero attached hydrogens (tertiary/aromatic N) is 2. The number of aromatic carboxylic acids is 1. The molecule has 0 saturated carbocycles. The van der Waals surface area contributed by atoms with E-state index in [1.165, 1.54) is 0 Å². The monoisotopic (exact) mass is 284 g/mol. The zero-order chi connectivity index (χ0) is 14.7. The summed E-state index contributed by atoms with van der Waals surface area (Å²) < 4.78 is 5.60. The van der Waals surface area contributed by atoms with Crippen molar-refractivity contribution in [2.24, 2.45) is 0 Å². The van der Waals surface area contributed by atoms with E-state index in [1.54, 1.807) is 12.3 Å². The van der Waals surface area contributed by atoms with Gasteiger partial charge in [0.2, 0.25) is 5.88 Å². The average molecular weight is 284 g/mol. The zero-order valence-electron chi connectivity index (χ0n) is 11.6. The first-order valence-corrected chi connectivity index (χ1v) is 7.03. The minimum Gasteiger partial charge on any atom is -0.477 e. The number of pyridine rings is 2. The predicted molar refractivity (Wildman–Crippen MR) is 76.7 cm³/mol. The molecule has 1 aliphatic carbocycles. The van der Waals surface area contributed by atoms with Crippen molar-refractivity contribution in [2.45, 2.75) is 25.7 Å². The van der Waals surface area contributed by atoms with Gasteiger partial charge in [-0.3, -0.25) is 4.98 Å². The maximum Gasteiger partial charge on any atom is 0.341 e. The average Bonchev–Trinajstić information content (AvgIpc) is 2.94.